The minimum atomic E-state index is -0.0694. The molecule has 1 aromatic rings. The van der Waals surface area contributed by atoms with Gasteiger partial charge in [-0.3, -0.25) is 0 Å². The maximum Gasteiger partial charge on any atom is 0.111 e. The highest BCUT2D eigenvalue weighted by Gasteiger charge is 1.85. The van der Waals surface area contributed by atoms with Gasteiger partial charge in [0.05, 0.1) is 7.11 Å². The van der Waals surface area contributed by atoms with Crippen LogP contribution in [0.3, 0.4) is 0 Å². The van der Waals surface area contributed by atoms with Gasteiger partial charge in [-0.2, -0.15) is 0 Å². The molecule has 0 aliphatic heterocycles. The Bertz CT molecular complexity index is 196. The summed E-state index contributed by atoms with van der Waals surface area (Å²) in [5.41, 5.74) is 0. The van der Waals surface area contributed by atoms with E-state index in [-0.39, 0.29) is 5.75 Å². The predicted octanol–water partition coefficient (Wildman–Crippen LogP) is 0.769. The third-order valence-corrected chi connectivity index (χ3v) is 1.07. The van der Waals surface area contributed by atoms with Gasteiger partial charge in [-0.05, 0) is 6.07 Å². The molecule has 1 aromatic carbocycles. The van der Waals surface area contributed by atoms with Crippen molar-refractivity contribution < 1.29 is 9.84 Å². The van der Waals surface area contributed by atoms with Crippen LogP contribution >= 0.6 is 0 Å². The van der Waals surface area contributed by atoms with E-state index < -0.39 is 0 Å². The fourth-order valence-corrected chi connectivity index (χ4v) is 0.619. The van der Waals surface area contributed by atoms with Crippen molar-refractivity contribution in [2.45, 2.75) is 0 Å². The van der Waals surface area contributed by atoms with Crippen molar-refractivity contribution in [3.8, 4) is 11.5 Å². The van der Waals surface area contributed by atoms with Crippen molar-refractivity contribution in [1.82, 2.24) is 0 Å². The van der Waals surface area contributed by atoms with E-state index in [4.69, 9.17) is 4.74 Å². The molecule has 0 saturated carbocycles. The summed E-state index contributed by atoms with van der Waals surface area (Å²) >= 11 is 0. The number of ether oxygens (including phenoxy) is 1. The Morgan fingerprint density at radius 3 is 2.44 bits per heavy atom. The molecule has 0 heterocycles. The fourth-order valence-electron chi connectivity index (χ4n) is 0.619. The maximum atomic E-state index is 10.7. The monoisotopic (exact) mass is 123 g/mol. The van der Waals surface area contributed by atoms with Crippen molar-refractivity contribution >= 4 is 0 Å². The zero-order valence-electron chi connectivity index (χ0n) is 5.13. The lowest BCUT2D eigenvalue weighted by Crippen LogP contribution is -1.93. The second-order valence-electron chi connectivity index (χ2n) is 1.65. The summed E-state index contributed by atoms with van der Waals surface area (Å²) in [7, 11) is 1.48. The third kappa shape index (κ3) is 1.13. The smallest absolute Gasteiger partial charge is 0.111 e. The molecule has 0 atom stereocenters. The first-order valence-electron chi connectivity index (χ1n) is 2.64. The van der Waals surface area contributed by atoms with E-state index in [2.05, 4.69) is 0 Å². The molecule has 0 unspecified atom stereocenters. The first-order valence-corrected chi connectivity index (χ1v) is 2.64. The minimum absolute atomic E-state index is 0.0694. The molecule has 48 valence electrons. The lowest BCUT2D eigenvalue weighted by Gasteiger charge is -2.09. The number of rotatable bonds is 1. The van der Waals surface area contributed by atoms with Crippen LogP contribution in [-0.4, -0.2) is 7.11 Å². The van der Waals surface area contributed by atoms with Gasteiger partial charge in [-0.15, -0.1) is 0 Å². The van der Waals surface area contributed by atoms with Gasteiger partial charge in [0.25, 0.3) is 0 Å². The van der Waals surface area contributed by atoms with Crippen molar-refractivity contribution in [2.24, 2.45) is 0 Å². The van der Waals surface area contributed by atoms with Gasteiger partial charge < -0.3 is 9.84 Å². The zero-order valence-corrected chi connectivity index (χ0v) is 5.13. The second-order valence-corrected chi connectivity index (χ2v) is 1.65. The molecule has 0 amide bonds. The average molecular weight is 123 g/mol. The summed E-state index contributed by atoms with van der Waals surface area (Å²) in [6, 6.07) is 6.56. The van der Waals surface area contributed by atoms with Gasteiger partial charge in [0, 0.05) is 0 Å². The van der Waals surface area contributed by atoms with Gasteiger partial charge in [0.1, 0.15) is 5.75 Å². The van der Waals surface area contributed by atoms with Crippen LogP contribution in [0.1, 0.15) is 0 Å². The van der Waals surface area contributed by atoms with Crippen LogP contribution in [0.25, 0.3) is 0 Å². The molecule has 0 aliphatic carbocycles. The number of methoxy groups -OCH3 is 1. The van der Waals surface area contributed by atoms with E-state index in [0.717, 1.165) is 0 Å². The number of benzene rings is 1. The van der Waals surface area contributed by atoms with Crippen molar-refractivity contribution in [3.05, 3.63) is 24.3 Å². The summed E-state index contributed by atoms with van der Waals surface area (Å²) in [6.45, 7) is 0. The molecule has 1 rings (SSSR count). The Labute approximate surface area is 53.7 Å². The molecule has 0 radical (unpaired) electrons. The van der Waals surface area contributed by atoms with Crippen LogP contribution in [-0.2, 0) is 0 Å². The highest BCUT2D eigenvalue weighted by atomic mass is 16.5. The normalized spacial score (nSPS) is 9.00. The van der Waals surface area contributed by atoms with Crippen molar-refractivity contribution in [2.75, 3.05) is 7.11 Å². The quantitative estimate of drug-likeness (QED) is 0.552. The lowest BCUT2D eigenvalue weighted by atomic mass is 10.3. The lowest BCUT2D eigenvalue weighted by molar-refractivity contribution is -0.270. The summed E-state index contributed by atoms with van der Waals surface area (Å²) in [5, 5.41) is 10.7. The van der Waals surface area contributed by atoms with Gasteiger partial charge in [0.15, 0.2) is 0 Å². The van der Waals surface area contributed by atoms with Crippen LogP contribution in [0.2, 0.25) is 0 Å². The predicted molar refractivity (Wildman–Crippen MR) is 32.4 cm³/mol. The second kappa shape index (κ2) is 2.40. The molecular weight excluding hydrogens is 116 g/mol. The van der Waals surface area contributed by atoms with Crippen molar-refractivity contribution in [3.63, 3.8) is 0 Å². The molecule has 0 saturated heterocycles. The molecule has 0 aliphatic rings. The van der Waals surface area contributed by atoms with E-state index in [1.54, 1.807) is 18.2 Å². The molecular formula is C7H7O2-. The Hall–Kier alpha value is -1.18. The highest BCUT2D eigenvalue weighted by molar-refractivity contribution is 5.36. The van der Waals surface area contributed by atoms with Crippen LogP contribution in [0.15, 0.2) is 24.3 Å². The molecule has 0 spiro atoms. The summed E-state index contributed by atoms with van der Waals surface area (Å²) < 4.78 is 4.73. The Morgan fingerprint density at radius 1 is 1.33 bits per heavy atom. The first-order chi connectivity index (χ1) is 4.34. The standard InChI is InChI=1S/C7H8O2/c1-9-7-5-3-2-4-6(7)8/h2-5,8H,1H3/p-1. The third-order valence-electron chi connectivity index (χ3n) is 1.07. The maximum absolute atomic E-state index is 10.7. The topological polar surface area (TPSA) is 32.3 Å². The summed E-state index contributed by atoms with van der Waals surface area (Å²) in [5.74, 6) is 0.331. The van der Waals surface area contributed by atoms with Crippen molar-refractivity contribution in [1.29, 1.82) is 0 Å². The Morgan fingerprint density at radius 2 is 2.00 bits per heavy atom. The van der Waals surface area contributed by atoms with E-state index in [9.17, 15) is 5.11 Å². The van der Waals surface area contributed by atoms with Gasteiger partial charge in [-0.25, -0.2) is 0 Å². The summed E-state index contributed by atoms with van der Waals surface area (Å²) in [4.78, 5) is 0. The first kappa shape index (κ1) is 5.95. The molecule has 9 heavy (non-hydrogen) atoms. The molecule has 0 N–H and O–H groups in total. The average Bonchev–Trinajstić information content (AvgIpc) is 1.89. The number of para-hydroxylation sites is 2. The molecule has 0 aromatic heterocycles. The molecule has 2 nitrogen and oxygen atoms in total. The molecule has 0 bridgehead atoms. The number of hydrogen-bond acceptors (Lipinski definition) is 2. The van der Waals surface area contributed by atoms with E-state index in [1.807, 2.05) is 0 Å². The summed E-state index contributed by atoms with van der Waals surface area (Å²) in [6.07, 6.45) is 0. The highest BCUT2D eigenvalue weighted by Crippen LogP contribution is 2.19. The Kier molecular flexibility index (Phi) is 1.58. The molecule has 0 fully saturated rings. The van der Waals surface area contributed by atoms with E-state index in [1.165, 1.54) is 13.2 Å². The SMILES string of the molecule is COc1ccccc1[O-]. The van der Waals surface area contributed by atoms with E-state index in [0.29, 0.717) is 5.75 Å². The van der Waals surface area contributed by atoms with Crippen LogP contribution in [0.5, 0.6) is 11.5 Å². The largest absolute Gasteiger partial charge is 0.870 e. The van der Waals surface area contributed by atoms with Gasteiger partial charge in [-0.1, -0.05) is 23.9 Å². The van der Waals surface area contributed by atoms with Gasteiger partial charge >= 0.3 is 0 Å². The van der Waals surface area contributed by atoms with Gasteiger partial charge in [0.2, 0.25) is 0 Å². The van der Waals surface area contributed by atoms with E-state index >= 15 is 0 Å². The fraction of sp³-hybridized carbons (Fsp3) is 0.143. The number of hydrogen-bond donors (Lipinski definition) is 0. The zero-order chi connectivity index (χ0) is 6.69. The van der Waals surface area contributed by atoms with Crippen LogP contribution in [0, 0.1) is 0 Å². The molecule has 2 heteroatoms. The minimum Gasteiger partial charge on any atom is -0.870 e. The van der Waals surface area contributed by atoms with Crippen LogP contribution in [0.4, 0.5) is 0 Å². The van der Waals surface area contributed by atoms with Crippen LogP contribution < -0.4 is 9.84 Å². The Balaban J connectivity index is 3.01.